The maximum atomic E-state index is 10.0. The van der Waals surface area contributed by atoms with Gasteiger partial charge in [0.25, 0.3) is 0 Å². The van der Waals surface area contributed by atoms with Crippen LogP contribution in [-0.4, -0.2) is 31.9 Å². The minimum atomic E-state index is -0.973. The molecule has 0 fully saturated rings. The molecule has 5 nitrogen and oxygen atoms in total. The van der Waals surface area contributed by atoms with E-state index in [1.165, 1.54) is 0 Å². The van der Waals surface area contributed by atoms with Gasteiger partial charge in [-0.05, 0) is 17.2 Å². The van der Waals surface area contributed by atoms with Gasteiger partial charge in [0.05, 0.1) is 25.9 Å². The average Bonchev–Trinajstić information content (AvgIpc) is 2.96. The zero-order chi connectivity index (χ0) is 16.8. The first-order valence-electron chi connectivity index (χ1n) is 8.20. The molecule has 1 atom stereocenters. The third-order valence-electron chi connectivity index (χ3n) is 4.00. The Balaban J connectivity index is 1.45. The molecule has 0 bridgehead atoms. The third kappa shape index (κ3) is 3.97. The van der Waals surface area contributed by atoms with E-state index in [1.54, 1.807) is 0 Å². The Morgan fingerprint density at radius 3 is 2.71 bits per heavy atom. The summed E-state index contributed by atoms with van der Waals surface area (Å²) in [5, 5.41) is 10.0. The molecule has 2 aromatic rings. The van der Waals surface area contributed by atoms with E-state index in [4.69, 9.17) is 19.9 Å². The summed E-state index contributed by atoms with van der Waals surface area (Å²) < 4.78 is 16.9. The average molecular weight is 327 g/mol. The van der Waals surface area contributed by atoms with E-state index in [0.29, 0.717) is 37.6 Å². The molecule has 0 saturated heterocycles. The Labute approximate surface area is 142 Å². The highest BCUT2D eigenvalue weighted by Gasteiger charge is 2.37. The van der Waals surface area contributed by atoms with Crippen LogP contribution in [0.25, 0.3) is 0 Å². The molecule has 126 valence electrons. The molecule has 6 heteroatoms. The standard InChI is InChI=1S/C18H22BNO4/c20-12-17-15-8-4-9-16(18(15)19(21)24-17)23-11-5-10-22-13-14-6-2-1-3-7-14/h1-4,6-9,17,21H,5,10-13,20H2/t17-/m1/s1. The lowest BCUT2D eigenvalue weighted by atomic mass is 9.78. The number of nitrogens with two attached hydrogens (primary N) is 1. The summed E-state index contributed by atoms with van der Waals surface area (Å²) >= 11 is 0. The van der Waals surface area contributed by atoms with Gasteiger partial charge in [-0.3, -0.25) is 0 Å². The van der Waals surface area contributed by atoms with Gasteiger partial charge < -0.3 is 24.9 Å². The fraction of sp³-hybridized carbons (Fsp3) is 0.333. The molecule has 1 heterocycles. The van der Waals surface area contributed by atoms with Crippen LogP contribution in [0.5, 0.6) is 5.75 Å². The summed E-state index contributed by atoms with van der Waals surface area (Å²) in [7, 11) is -0.973. The first-order chi connectivity index (χ1) is 11.8. The van der Waals surface area contributed by atoms with Gasteiger partial charge in [0.15, 0.2) is 0 Å². The van der Waals surface area contributed by atoms with Crippen LogP contribution < -0.4 is 15.9 Å². The van der Waals surface area contributed by atoms with Crippen molar-refractivity contribution >= 4 is 12.6 Å². The van der Waals surface area contributed by atoms with Crippen LogP contribution in [0.1, 0.15) is 23.7 Å². The van der Waals surface area contributed by atoms with Crippen molar-refractivity contribution in [3.05, 3.63) is 59.7 Å². The number of hydrogen-bond donors (Lipinski definition) is 2. The predicted molar refractivity (Wildman–Crippen MR) is 93.1 cm³/mol. The number of benzene rings is 2. The van der Waals surface area contributed by atoms with Crippen LogP contribution in [0.4, 0.5) is 0 Å². The number of rotatable bonds is 8. The molecule has 0 unspecified atom stereocenters. The minimum Gasteiger partial charge on any atom is -0.494 e. The molecule has 1 aliphatic rings. The van der Waals surface area contributed by atoms with Crippen molar-refractivity contribution in [2.45, 2.75) is 19.1 Å². The number of ether oxygens (including phenoxy) is 2. The maximum Gasteiger partial charge on any atom is 0.495 e. The van der Waals surface area contributed by atoms with Gasteiger partial charge in [0, 0.05) is 18.4 Å². The maximum absolute atomic E-state index is 10.0. The van der Waals surface area contributed by atoms with Crippen molar-refractivity contribution in [1.82, 2.24) is 0 Å². The Kier molecular flexibility index (Phi) is 5.88. The largest absolute Gasteiger partial charge is 0.495 e. The summed E-state index contributed by atoms with van der Waals surface area (Å²) in [5.74, 6) is 0.652. The normalized spacial score (nSPS) is 16.2. The lowest BCUT2D eigenvalue weighted by Gasteiger charge is -2.11. The smallest absolute Gasteiger partial charge is 0.494 e. The highest BCUT2D eigenvalue weighted by atomic mass is 16.5. The van der Waals surface area contributed by atoms with Gasteiger partial charge >= 0.3 is 7.12 Å². The second-order valence-electron chi connectivity index (χ2n) is 5.71. The molecule has 3 rings (SSSR count). The van der Waals surface area contributed by atoms with Gasteiger partial charge in [-0.15, -0.1) is 0 Å². The van der Waals surface area contributed by atoms with Crippen molar-refractivity contribution in [1.29, 1.82) is 0 Å². The zero-order valence-corrected chi connectivity index (χ0v) is 13.6. The molecule has 0 spiro atoms. The van der Waals surface area contributed by atoms with Crippen molar-refractivity contribution in [2.75, 3.05) is 19.8 Å². The summed E-state index contributed by atoms with van der Waals surface area (Å²) in [6.07, 6.45) is 0.501. The summed E-state index contributed by atoms with van der Waals surface area (Å²) in [6.45, 7) is 2.08. The molecular weight excluding hydrogens is 305 g/mol. The van der Waals surface area contributed by atoms with Crippen LogP contribution in [0, 0.1) is 0 Å². The van der Waals surface area contributed by atoms with Crippen LogP contribution in [0.2, 0.25) is 0 Å². The fourth-order valence-corrected chi connectivity index (χ4v) is 2.82. The van der Waals surface area contributed by atoms with Gasteiger partial charge in [-0.1, -0.05) is 42.5 Å². The molecule has 24 heavy (non-hydrogen) atoms. The van der Waals surface area contributed by atoms with E-state index in [1.807, 2.05) is 48.5 Å². The van der Waals surface area contributed by atoms with Crippen LogP contribution >= 0.6 is 0 Å². The molecule has 2 aromatic carbocycles. The fourth-order valence-electron chi connectivity index (χ4n) is 2.82. The zero-order valence-electron chi connectivity index (χ0n) is 13.6. The van der Waals surface area contributed by atoms with E-state index in [9.17, 15) is 5.02 Å². The lowest BCUT2D eigenvalue weighted by molar-refractivity contribution is 0.107. The lowest BCUT2D eigenvalue weighted by Crippen LogP contribution is -2.30. The Hall–Kier alpha value is -1.86. The Morgan fingerprint density at radius 2 is 1.92 bits per heavy atom. The monoisotopic (exact) mass is 327 g/mol. The summed E-state index contributed by atoms with van der Waals surface area (Å²) in [4.78, 5) is 0. The van der Waals surface area contributed by atoms with Gasteiger partial charge in [0.1, 0.15) is 5.75 Å². The molecule has 3 N–H and O–H groups in total. The van der Waals surface area contributed by atoms with Crippen molar-refractivity contribution < 1.29 is 19.2 Å². The predicted octanol–water partition coefficient (Wildman–Crippen LogP) is 1.39. The van der Waals surface area contributed by atoms with Crippen molar-refractivity contribution in [3.63, 3.8) is 0 Å². The first-order valence-corrected chi connectivity index (χ1v) is 8.20. The summed E-state index contributed by atoms with van der Waals surface area (Å²) in [5.41, 5.74) is 8.43. The van der Waals surface area contributed by atoms with E-state index >= 15 is 0 Å². The number of hydrogen-bond acceptors (Lipinski definition) is 5. The van der Waals surface area contributed by atoms with Crippen LogP contribution in [0.15, 0.2) is 48.5 Å². The molecular formula is C18H22BNO4. The topological polar surface area (TPSA) is 73.9 Å². The molecule has 0 aliphatic carbocycles. The molecule has 0 amide bonds. The van der Waals surface area contributed by atoms with Gasteiger partial charge in [0.2, 0.25) is 0 Å². The van der Waals surface area contributed by atoms with Crippen molar-refractivity contribution in [3.8, 4) is 5.75 Å². The van der Waals surface area contributed by atoms with Crippen molar-refractivity contribution in [2.24, 2.45) is 5.73 Å². The first kappa shape index (κ1) is 17.0. The summed E-state index contributed by atoms with van der Waals surface area (Å²) in [6, 6.07) is 15.7. The SMILES string of the molecule is NC[C@H]1OB(O)c2c(OCCCOCc3ccccc3)cccc21. The highest BCUT2D eigenvalue weighted by molar-refractivity contribution is 6.62. The minimum absolute atomic E-state index is 0.271. The van der Waals surface area contributed by atoms with E-state index < -0.39 is 7.12 Å². The van der Waals surface area contributed by atoms with E-state index in [0.717, 1.165) is 17.5 Å². The van der Waals surface area contributed by atoms with Crippen LogP contribution in [-0.2, 0) is 16.0 Å². The molecule has 0 saturated carbocycles. The number of fused-ring (bicyclic) bond motifs is 1. The molecule has 1 aliphatic heterocycles. The highest BCUT2D eigenvalue weighted by Crippen LogP contribution is 2.26. The Bertz CT molecular complexity index is 653. The second kappa shape index (κ2) is 8.30. The quantitative estimate of drug-likeness (QED) is 0.566. The van der Waals surface area contributed by atoms with Gasteiger partial charge in [-0.25, -0.2) is 0 Å². The van der Waals surface area contributed by atoms with E-state index in [-0.39, 0.29) is 6.10 Å². The van der Waals surface area contributed by atoms with Gasteiger partial charge in [-0.2, -0.15) is 0 Å². The second-order valence-corrected chi connectivity index (χ2v) is 5.71. The molecule has 0 aromatic heterocycles. The Morgan fingerprint density at radius 1 is 1.08 bits per heavy atom. The van der Waals surface area contributed by atoms with E-state index in [2.05, 4.69) is 0 Å². The van der Waals surface area contributed by atoms with Crippen LogP contribution in [0.3, 0.4) is 0 Å². The molecule has 0 radical (unpaired) electrons. The third-order valence-corrected chi connectivity index (χ3v) is 4.00.